The van der Waals surface area contributed by atoms with E-state index >= 15 is 0 Å². The first-order chi connectivity index (χ1) is 37.3. The highest BCUT2D eigenvalue weighted by Gasteiger charge is 2.23. The first-order valence-corrected chi connectivity index (χ1v) is 28.6. The Bertz CT molecular complexity index is 3090. The molecule has 0 bridgehead atoms. The third-order valence-electron chi connectivity index (χ3n) is 13.7. The Hall–Kier alpha value is -7.10. The number of allylic oxidation sites excluding steroid dienone is 11. The number of hydrogen-bond acceptors (Lipinski definition) is 3. The van der Waals surface area contributed by atoms with Crippen LogP contribution in [0.25, 0.3) is 74.4 Å². The molecule has 3 heteroatoms. The molecular weight excluding hydrogens is 919 g/mol. The molecule has 1 aliphatic heterocycles. The van der Waals surface area contributed by atoms with Gasteiger partial charge in [0.2, 0.25) is 0 Å². The van der Waals surface area contributed by atoms with Crippen molar-refractivity contribution in [2.45, 2.75) is 146 Å². The van der Waals surface area contributed by atoms with Gasteiger partial charge < -0.3 is 5.32 Å². The highest BCUT2D eigenvalue weighted by molar-refractivity contribution is 6.15. The summed E-state index contributed by atoms with van der Waals surface area (Å²) in [5.74, 6) is 0.588. The third-order valence-corrected chi connectivity index (χ3v) is 13.7. The lowest BCUT2D eigenvalue weighted by Crippen LogP contribution is -2.27. The van der Waals surface area contributed by atoms with E-state index in [9.17, 15) is 0 Å². The summed E-state index contributed by atoms with van der Waals surface area (Å²) in [6.45, 7) is 34.1. The normalized spacial score (nSPS) is 17.1. The fourth-order valence-corrected chi connectivity index (χ4v) is 9.71. The van der Waals surface area contributed by atoms with Crippen molar-refractivity contribution in [3.05, 3.63) is 221 Å². The molecule has 2 atom stereocenters. The summed E-state index contributed by atoms with van der Waals surface area (Å²) in [6.07, 6.45) is 43.9. The Balaban J connectivity index is 0.000000343. The van der Waals surface area contributed by atoms with Crippen LogP contribution in [0.15, 0.2) is 177 Å². The molecule has 2 heterocycles. The zero-order valence-electron chi connectivity index (χ0n) is 48.5. The molecule has 5 aromatic carbocycles. The van der Waals surface area contributed by atoms with Gasteiger partial charge in [0.1, 0.15) is 0 Å². The Labute approximate surface area is 460 Å². The summed E-state index contributed by atoms with van der Waals surface area (Å²) in [4.78, 5) is 10.8. The van der Waals surface area contributed by atoms with Crippen LogP contribution in [0.3, 0.4) is 0 Å². The van der Waals surface area contributed by atoms with Gasteiger partial charge >= 0.3 is 0 Å². The smallest absolute Gasteiger partial charge is 0.0976 e. The van der Waals surface area contributed by atoms with Crippen LogP contribution in [0.2, 0.25) is 0 Å². The van der Waals surface area contributed by atoms with Crippen LogP contribution in [0.5, 0.6) is 0 Å². The van der Waals surface area contributed by atoms with Gasteiger partial charge in [0, 0.05) is 22.9 Å². The summed E-state index contributed by atoms with van der Waals surface area (Å²) in [5.41, 5.74) is 14.1. The minimum Gasteiger partial charge on any atom is -0.382 e. The van der Waals surface area contributed by atoms with Crippen molar-refractivity contribution in [1.82, 2.24) is 15.3 Å². The number of fused-ring (bicyclic) bond motifs is 7. The maximum atomic E-state index is 5.46. The molecule has 0 fully saturated rings. The van der Waals surface area contributed by atoms with Gasteiger partial charge in [-0.3, -0.25) is 0 Å². The fourth-order valence-electron chi connectivity index (χ4n) is 9.71. The van der Waals surface area contributed by atoms with Crippen molar-refractivity contribution in [3.8, 4) is 22.5 Å². The molecule has 9 rings (SSSR count). The summed E-state index contributed by atoms with van der Waals surface area (Å²) in [5, 5.41) is 11.6. The van der Waals surface area contributed by atoms with E-state index in [1.54, 1.807) is 0 Å². The van der Waals surface area contributed by atoms with Crippen molar-refractivity contribution < 1.29 is 0 Å². The molecule has 1 N–H and O–H groups in total. The van der Waals surface area contributed by atoms with Crippen LogP contribution >= 0.6 is 0 Å². The van der Waals surface area contributed by atoms with E-state index in [4.69, 9.17) is 9.97 Å². The highest BCUT2D eigenvalue weighted by atomic mass is 14.9. The van der Waals surface area contributed by atoms with Crippen molar-refractivity contribution in [2.75, 3.05) is 0 Å². The number of aromatic nitrogens is 2. The average molecular weight is 1010 g/mol. The first kappa shape index (κ1) is 61.4. The van der Waals surface area contributed by atoms with E-state index in [2.05, 4.69) is 213 Å². The molecule has 0 saturated carbocycles. The zero-order valence-corrected chi connectivity index (χ0v) is 48.5. The number of aryl methyl sites for hydroxylation is 3. The standard InChI is InChI=1S/C44H42N2.C17H27N.C6H6.2C2H6.C2H4/c1-5-8-21-35-37(44-43(31-19-13-11-14-20-31)45-38-24-17-9-10-18-25-39(38)46-44)27-26-36-33-22-15-12-16-23-34(33)41-32(7-3)30(6-2)28-29(4)40(41)42(35)36;1-5-14(2)12-13-17-15(3)10-8-6-7-9-11-16(4)18-17;1-2-4-6-5-3-1;3*1-2/h7,11-14,16-20,22-28H,3,5-6,8-10,15,21H2,1-2,4H3;6-7,9,11-13,15-16,18H,5,8,10H2,1-4H3;1-6H;2*1-2H3;1-2H2/b24-17-,25-18?;7-6-,11-9-,14-12-,17-13+;;;;. The van der Waals surface area contributed by atoms with E-state index in [-0.39, 0.29) is 0 Å². The topological polar surface area (TPSA) is 37.8 Å². The minimum atomic E-state index is 0.386. The van der Waals surface area contributed by atoms with E-state index in [1.165, 1.54) is 77.5 Å². The number of unbranched alkanes of at least 4 members (excludes halogenated alkanes) is 1. The Kier molecular flexibility index (Phi) is 27.3. The lowest BCUT2D eigenvalue weighted by atomic mass is 9.83. The second-order valence-electron chi connectivity index (χ2n) is 18.9. The van der Waals surface area contributed by atoms with Crippen molar-refractivity contribution >= 4 is 51.9 Å². The fraction of sp³-hybridized carbons (Fsp3) is 0.315. The van der Waals surface area contributed by atoms with E-state index < -0.39 is 0 Å². The minimum absolute atomic E-state index is 0.386. The van der Waals surface area contributed by atoms with Crippen LogP contribution < -0.4 is 15.8 Å². The molecule has 0 amide bonds. The second kappa shape index (κ2) is 33.7. The third kappa shape index (κ3) is 16.4. The van der Waals surface area contributed by atoms with Gasteiger partial charge in [-0.15, -0.1) is 13.2 Å². The van der Waals surface area contributed by atoms with Crippen molar-refractivity contribution in [1.29, 1.82) is 0 Å². The van der Waals surface area contributed by atoms with E-state index in [0.717, 1.165) is 86.1 Å². The van der Waals surface area contributed by atoms with Gasteiger partial charge in [-0.1, -0.05) is 232 Å². The second-order valence-corrected chi connectivity index (χ2v) is 18.9. The Morgan fingerprint density at radius 1 is 0.724 bits per heavy atom. The Morgan fingerprint density at radius 3 is 1.99 bits per heavy atom. The molecular formula is C73H91N3. The molecule has 3 nitrogen and oxygen atoms in total. The average Bonchev–Trinajstić information content (AvgIpc) is 3.73. The maximum Gasteiger partial charge on any atom is 0.0976 e. The van der Waals surface area contributed by atoms with Crippen LogP contribution in [-0.4, -0.2) is 16.0 Å². The maximum absolute atomic E-state index is 5.46. The summed E-state index contributed by atoms with van der Waals surface area (Å²) in [7, 11) is 0. The number of rotatable bonds is 9. The van der Waals surface area contributed by atoms with Gasteiger partial charge in [0.05, 0.1) is 22.8 Å². The molecule has 0 saturated heterocycles. The van der Waals surface area contributed by atoms with Crippen molar-refractivity contribution in [3.63, 3.8) is 0 Å². The first-order valence-electron chi connectivity index (χ1n) is 28.6. The molecule has 0 radical (unpaired) electrons. The number of hydrogen-bond donors (Lipinski definition) is 1. The van der Waals surface area contributed by atoms with Crippen LogP contribution in [0.4, 0.5) is 0 Å². The Morgan fingerprint density at radius 2 is 1.37 bits per heavy atom. The van der Waals surface area contributed by atoms with Gasteiger partial charge in [0.15, 0.2) is 0 Å². The SMILES string of the molecule is C=C.C=Cc1c(CC)cc(C)c2c1c1c(c3ccc(-c4nc5c(nc4-c4ccccc4)/C=C\CCC=C5)c(CCCC)c32)=CCC=CC=1.CC.CC.CC/C(C)=C\C=C1\NC(C)/C=C\C=C/CCC1C.c1ccccc1. The summed E-state index contributed by atoms with van der Waals surface area (Å²) >= 11 is 0. The van der Waals surface area contributed by atoms with E-state index in [1.807, 2.05) is 64.1 Å². The molecule has 2 aliphatic carbocycles. The summed E-state index contributed by atoms with van der Waals surface area (Å²) in [6, 6.07) is 30.1. The lowest BCUT2D eigenvalue weighted by Gasteiger charge is -2.21. The molecule has 0 spiro atoms. The summed E-state index contributed by atoms with van der Waals surface area (Å²) < 4.78 is 0. The number of nitrogens with zero attached hydrogens (tertiary/aromatic N) is 2. The largest absolute Gasteiger partial charge is 0.382 e. The van der Waals surface area contributed by atoms with Gasteiger partial charge in [-0.25, -0.2) is 9.97 Å². The quantitative estimate of drug-likeness (QED) is 0.116. The highest BCUT2D eigenvalue weighted by Crippen LogP contribution is 2.40. The van der Waals surface area contributed by atoms with E-state index in [0.29, 0.717) is 12.0 Å². The molecule has 76 heavy (non-hydrogen) atoms. The molecule has 2 unspecified atom stereocenters. The van der Waals surface area contributed by atoms with Gasteiger partial charge in [-0.05, 0) is 157 Å². The molecule has 398 valence electrons. The van der Waals surface area contributed by atoms with Crippen LogP contribution in [-0.2, 0) is 12.8 Å². The molecule has 1 aromatic heterocycles. The van der Waals surface area contributed by atoms with Gasteiger partial charge in [-0.2, -0.15) is 0 Å². The predicted octanol–water partition coefficient (Wildman–Crippen LogP) is 19.6. The molecule has 6 aromatic rings. The molecule has 3 aliphatic rings. The number of benzene rings is 5. The lowest BCUT2D eigenvalue weighted by molar-refractivity contribution is 0.548. The van der Waals surface area contributed by atoms with Crippen molar-refractivity contribution in [2.24, 2.45) is 5.92 Å². The zero-order chi connectivity index (χ0) is 55.2. The predicted molar refractivity (Wildman–Crippen MR) is 342 cm³/mol. The monoisotopic (exact) mass is 1010 g/mol. The van der Waals surface area contributed by atoms with Crippen LogP contribution in [0.1, 0.15) is 154 Å². The van der Waals surface area contributed by atoms with Crippen LogP contribution in [0, 0.1) is 12.8 Å². The number of nitrogens with one attached hydrogen (secondary N) is 1. The van der Waals surface area contributed by atoms with Gasteiger partial charge in [0.25, 0.3) is 0 Å².